The van der Waals surface area contributed by atoms with Gasteiger partial charge in [0.15, 0.2) is 10.6 Å². The van der Waals surface area contributed by atoms with Gasteiger partial charge in [0.05, 0.1) is 17.9 Å². The molecule has 0 bridgehead atoms. The molecular weight excluding hydrogens is 438 g/mol. The summed E-state index contributed by atoms with van der Waals surface area (Å²) in [6.45, 7) is 4.48. The van der Waals surface area contributed by atoms with Crippen LogP contribution in [0.4, 0.5) is 10.8 Å². The maximum absolute atomic E-state index is 13.3. The highest BCUT2D eigenvalue weighted by Crippen LogP contribution is 2.33. The first-order valence-electron chi connectivity index (χ1n) is 10.7. The van der Waals surface area contributed by atoms with E-state index in [9.17, 15) is 9.59 Å². The van der Waals surface area contributed by atoms with E-state index in [1.807, 2.05) is 61.5 Å². The van der Waals surface area contributed by atoms with Crippen molar-refractivity contribution in [2.75, 3.05) is 36.5 Å². The van der Waals surface area contributed by atoms with Gasteiger partial charge < -0.3 is 15.0 Å². The predicted octanol–water partition coefficient (Wildman–Crippen LogP) is 3.30. The van der Waals surface area contributed by atoms with Gasteiger partial charge in [0.1, 0.15) is 12.2 Å². The van der Waals surface area contributed by atoms with Crippen molar-refractivity contribution in [3.8, 4) is 11.3 Å². The Morgan fingerprint density at radius 1 is 1.09 bits per heavy atom. The molecule has 1 amide bonds. The van der Waals surface area contributed by atoms with Crippen molar-refractivity contribution in [3.05, 3.63) is 70.5 Å². The molecule has 1 saturated heterocycles. The van der Waals surface area contributed by atoms with Crippen LogP contribution in [0.2, 0.25) is 0 Å². The highest BCUT2D eigenvalue weighted by Gasteiger charge is 2.22. The molecule has 4 aromatic rings. The molecule has 9 heteroatoms. The van der Waals surface area contributed by atoms with Crippen molar-refractivity contribution in [1.82, 2.24) is 14.8 Å². The summed E-state index contributed by atoms with van der Waals surface area (Å²) in [6.07, 6.45) is 0. The molecule has 5 rings (SSSR count). The smallest absolute Gasteiger partial charge is 0.294 e. The number of benzene rings is 2. The summed E-state index contributed by atoms with van der Waals surface area (Å²) in [4.78, 5) is 32.8. The summed E-state index contributed by atoms with van der Waals surface area (Å²) < 4.78 is 7.37. The first kappa shape index (κ1) is 21.3. The minimum atomic E-state index is -0.375. The molecule has 1 fully saturated rings. The molecule has 0 aliphatic carbocycles. The van der Waals surface area contributed by atoms with Crippen LogP contribution in [0.3, 0.4) is 0 Å². The molecule has 1 aliphatic rings. The number of hydrogen-bond donors (Lipinski definition) is 1. The number of aromatic nitrogens is 3. The average Bonchev–Trinajstić information content (AvgIpc) is 3.29. The largest absolute Gasteiger partial charge is 0.378 e. The Hall–Kier alpha value is -3.56. The SMILES string of the molecule is Cc1ccc(NC(=O)Cn2nc(-c3ccccc3)c3sc(N4CCOCC4)nc3c2=O)cc1. The van der Waals surface area contributed by atoms with Gasteiger partial charge in [-0.3, -0.25) is 9.59 Å². The number of amides is 1. The van der Waals surface area contributed by atoms with Gasteiger partial charge in [-0.2, -0.15) is 5.10 Å². The molecule has 33 heavy (non-hydrogen) atoms. The van der Waals surface area contributed by atoms with E-state index < -0.39 is 0 Å². The Morgan fingerprint density at radius 3 is 2.55 bits per heavy atom. The molecule has 0 atom stereocenters. The Morgan fingerprint density at radius 2 is 1.82 bits per heavy atom. The molecule has 2 aromatic heterocycles. The van der Waals surface area contributed by atoms with Crippen LogP contribution in [-0.4, -0.2) is 47.0 Å². The Kier molecular flexibility index (Phi) is 5.89. The minimum Gasteiger partial charge on any atom is -0.378 e. The predicted molar refractivity (Wildman–Crippen MR) is 130 cm³/mol. The van der Waals surface area contributed by atoms with E-state index in [2.05, 4.69) is 20.3 Å². The molecule has 0 unspecified atom stereocenters. The minimum absolute atomic E-state index is 0.201. The summed E-state index contributed by atoms with van der Waals surface area (Å²) in [7, 11) is 0. The number of anilines is 2. The molecule has 3 heterocycles. The quantitative estimate of drug-likeness (QED) is 0.491. The molecule has 1 N–H and O–H groups in total. The first-order valence-corrected chi connectivity index (χ1v) is 11.6. The lowest BCUT2D eigenvalue weighted by atomic mass is 10.1. The third-order valence-corrected chi connectivity index (χ3v) is 6.57. The zero-order valence-electron chi connectivity index (χ0n) is 18.2. The monoisotopic (exact) mass is 461 g/mol. The second kappa shape index (κ2) is 9.13. The van der Waals surface area contributed by atoms with E-state index in [-0.39, 0.29) is 18.0 Å². The molecule has 0 saturated carbocycles. The third-order valence-electron chi connectivity index (χ3n) is 5.45. The van der Waals surface area contributed by atoms with Gasteiger partial charge in [0.25, 0.3) is 5.56 Å². The van der Waals surface area contributed by atoms with Crippen molar-refractivity contribution in [1.29, 1.82) is 0 Å². The lowest BCUT2D eigenvalue weighted by molar-refractivity contribution is -0.117. The third kappa shape index (κ3) is 4.50. The van der Waals surface area contributed by atoms with Gasteiger partial charge in [-0.25, -0.2) is 9.67 Å². The highest BCUT2D eigenvalue weighted by atomic mass is 32.1. The number of fused-ring (bicyclic) bond motifs is 1. The number of carbonyl (C=O) groups is 1. The molecule has 2 aromatic carbocycles. The number of morpholine rings is 1. The Labute approximate surface area is 194 Å². The average molecular weight is 462 g/mol. The van der Waals surface area contributed by atoms with E-state index >= 15 is 0 Å². The maximum Gasteiger partial charge on any atom is 0.294 e. The number of nitrogens with one attached hydrogen (secondary N) is 1. The van der Waals surface area contributed by atoms with Gasteiger partial charge in [0.2, 0.25) is 5.91 Å². The lowest BCUT2D eigenvalue weighted by Crippen LogP contribution is -2.36. The standard InChI is InChI=1S/C24H23N5O3S/c1-16-7-9-18(10-8-16)25-19(30)15-29-23(31)21-22(20(27-29)17-5-3-2-4-6-17)33-24(26-21)28-11-13-32-14-12-28/h2-10H,11-15H2,1H3,(H,25,30). The molecule has 0 radical (unpaired) electrons. The molecule has 1 aliphatic heterocycles. The Bertz CT molecular complexity index is 1340. The van der Waals surface area contributed by atoms with Crippen LogP contribution in [0.5, 0.6) is 0 Å². The van der Waals surface area contributed by atoms with E-state index in [0.717, 1.165) is 34.0 Å². The van der Waals surface area contributed by atoms with Crippen LogP contribution in [-0.2, 0) is 16.1 Å². The van der Waals surface area contributed by atoms with Crippen molar-refractivity contribution < 1.29 is 9.53 Å². The lowest BCUT2D eigenvalue weighted by Gasteiger charge is -2.25. The van der Waals surface area contributed by atoms with Crippen molar-refractivity contribution in [3.63, 3.8) is 0 Å². The van der Waals surface area contributed by atoms with Crippen LogP contribution in [0.25, 0.3) is 21.5 Å². The summed E-state index contributed by atoms with van der Waals surface area (Å²) in [6, 6.07) is 17.2. The highest BCUT2D eigenvalue weighted by molar-refractivity contribution is 7.22. The van der Waals surface area contributed by atoms with Gasteiger partial charge in [-0.15, -0.1) is 0 Å². The normalized spacial score (nSPS) is 13.9. The second-order valence-corrected chi connectivity index (χ2v) is 8.84. The van der Waals surface area contributed by atoms with Gasteiger partial charge in [-0.1, -0.05) is 59.4 Å². The first-order chi connectivity index (χ1) is 16.1. The van der Waals surface area contributed by atoms with Crippen LogP contribution >= 0.6 is 11.3 Å². The molecule has 8 nitrogen and oxygen atoms in total. The fourth-order valence-corrected chi connectivity index (χ4v) is 4.82. The van der Waals surface area contributed by atoms with Gasteiger partial charge >= 0.3 is 0 Å². The van der Waals surface area contributed by atoms with Crippen LogP contribution < -0.4 is 15.8 Å². The number of thiazole rings is 1. The zero-order valence-corrected chi connectivity index (χ0v) is 19.0. The number of hydrogen-bond acceptors (Lipinski definition) is 7. The van der Waals surface area contributed by atoms with Crippen LogP contribution in [0.15, 0.2) is 59.4 Å². The Balaban J connectivity index is 1.54. The number of ether oxygens (including phenoxy) is 1. The van der Waals surface area contributed by atoms with Gasteiger partial charge in [0, 0.05) is 24.3 Å². The number of nitrogens with zero attached hydrogens (tertiary/aromatic N) is 4. The summed E-state index contributed by atoms with van der Waals surface area (Å²) >= 11 is 1.45. The summed E-state index contributed by atoms with van der Waals surface area (Å²) in [5, 5.41) is 8.20. The fraction of sp³-hybridized carbons (Fsp3) is 0.250. The van der Waals surface area contributed by atoms with E-state index in [4.69, 9.17) is 4.74 Å². The fourth-order valence-electron chi connectivity index (χ4n) is 3.70. The second-order valence-electron chi connectivity index (χ2n) is 7.87. The topological polar surface area (TPSA) is 89.3 Å². The molecular formula is C24H23N5O3S. The number of aryl methyl sites for hydroxylation is 1. The van der Waals surface area contributed by atoms with Gasteiger partial charge in [-0.05, 0) is 19.1 Å². The van der Waals surface area contributed by atoms with Crippen LogP contribution in [0.1, 0.15) is 5.56 Å². The van der Waals surface area contributed by atoms with Crippen molar-refractivity contribution in [2.24, 2.45) is 0 Å². The van der Waals surface area contributed by atoms with E-state index in [0.29, 0.717) is 30.1 Å². The number of carbonyl (C=O) groups excluding carboxylic acids is 1. The van der Waals surface area contributed by atoms with E-state index in [1.165, 1.54) is 16.0 Å². The summed E-state index contributed by atoms with van der Waals surface area (Å²) in [5.41, 5.74) is 3.24. The number of rotatable bonds is 5. The maximum atomic E-state index is 13.3. The van der Waals surface area contributed by atoms with Crippen molar-refractivity contribution in [2.45, 2.75) is 13.5 Å². The molecule has 168 valence electrons. The molecule has 0 spiro atoms. The van der Waals surface area contributed by atoms with Crippen LogP contribution in [0, 0.1) is 6.92 Å². The van der Waals surface area contributed by atoms with E-state index in [1.54, 1.807) is 0 Å². The zero-order chi connectivity index (χ0) is 22.8. The summed E-state index contributed by atoms with van der Waals surface area (Å²) in [5.74, 6) is -0.324. The van der Waals surface area contributed by atoms with Crippen molar-refractivity contribution >= 4 is 38.3 Å².